The van der Waals surface area contributed by atoms with E-state index in [0.29, 0.717) is 18.0 Å². The monoisotopic (exact) mass is 503 g/mol. The molecule has 6 rings (SSSR count). The van der Waals surface area contributed by atoms with E-state index < -0.39 is 0 Å². The van der Waals surface area contributed by atoms with Crippen LogP contribution in [-0.2, 0) is 22.6 Å². The van der Waals surface area contributed by atoms with Crippen LogP contribution in [0.5, 0.6) is 0 Å². The Hall–Kier alpha value is -2.50. The maximum atomic E-state index is 13.9. The van der Waals surface area contributed by atoms with Crippen LogP contribution in [0.25, 0.3) is 10.9 Å². The number of carbonyl (C=O) groups excluding carboxylic acids is 3. The fourth-order valence-corrected chi connectivity index (χ4v) is 7.40. The summed E-state index contributed by atoms with van der Waals surface area (Å²) in [6.45, 7) is 3.58. The Morgan fingerprint density at radius 1 is 1.03 bits per heavy atom. The third kappa shape index (κ3) is 4.55. The standard InChI is InChI=1S/C31H41N3O3/c1-3-26(36)25-17-31-14-10-8-6-4-5-7-9-11-22-15-23(21-12-13-21)16-24-29(20(2)35)32-33(30(22)24)19-28(37)34(25)27(31)18-31/h15-16,21,25,27H,3-14,17-19H2,1-2H3/t25-,27+,31-/m0/s1. The van der Waals surface area contributed by atoms with E-state index >= 15 is 0 Å². The lowest BCUT2D eigenvalue weighted by Gasteiger charge is -2.26. The molecular formula is C31H41N3O3. The Morgan fingerprint density at radius 3 is 2.46 bits per heavy atom. The Balaban J connectivity index is 1.41. The predicted molar refractivity (Wildman–Crippen MR) is 144 cm³/mol. The molecule has 0 spiro atoms. The van der Waals surface area contributed by atoms with E-state index in [0.717, 1.165) is 43.0 Å². The minimum Gasteiger partial charge on any atom is -0.327 e. The van der Waals surface area contributed by atoms with E-state index in [-0.39, 0.29) is 41.5 Å². The number of Topliss-reactive ketones (excluding diaryl/α,β-unsaturated/α-hetero) is 2. The molecule has 2 aromatic rings. The Bertz CT molecular complexity index is 1240. The Kier molecular flexibility index (Phi) is 6.48. The molecule has 0 N–H and O–H groups in total. The highest BCUT2D eigenvalue weighted by atomic mass is 16.2. The molecule has 2 aliphatic heterocycles. The minimum atomic E-state index is -0.301. The van der Waals surface area contributed by atoms with Gasteiger partial charge >= 0.3 is 0 Å². The van der Waals surface area contributed by atoms with Crippen molar-refractivity contribution in [1.82, 2.24) is 14.7 Å². The smallest absolute Gasteiger partial charge is 0.245 e. The maximum absolute atomic E-state index is 13.9. The second-order valence-corrected chi connectivity index (χ2v) is 12.3. The van der Waals surface area contributed by atoms with Crippen LogP contribution in [0.4, 0.5) is 0 Å². The van der Waals surface area contributed by atoms with Gasteiger partial charge in [0.2, 0.25) is 5.91 Å². The SMILES string of the molecule is CCC(=O)[C@@H]1C[C@]23CCCCCCCCCc4cc(C5CC5)cc5c(C(C)=O)nn(c45)CC(=O)N1[C@@H]2C3. The quantitative estimate of drug-likeness (QED) is 0.471. The van der Waals surface area contributed by atoms with Gasteiger partial charge in [-0.05, 0) is 73.5 Å². The van der Waals surface area contributed by atoms with Crippen LogP contribution in [0.2, 0.25) is 0 Å². The molecule has 0 radical (unpaired) electrons. The van der Waals surface area contributed by atoms with Gasteiger partial charge in [-0.2, -0.15) is 5.10 Å². The second-order valence-electron chi connectivity index (χ2n) is 12.3. The van der Waals surface area contributed by atoms with Crippen molar-refractivity contribution in [2.45, 2.75) is 128 Å². The summed E-state index contributed by atoms with van der Waals surface area (Å²) in [5.41, 5.74) is 4.11. The molecule has 3 heterocycles. The molecule has 37 heavy (non-hydrogen) atoms. The van der Waals surface area contributed by atoms with Crippen LogP contribution >= 0.6 is 0 Å². The highest BCUT2D eigenvalue weighted by Crippen LogP contribution is 2.62. The molecule has 1 aromatic heterocycles. The summed E-state index contributed by atoms with van der Waals surface area (Å²) in [5, 5.41) is 5.66. The fourth-order valence-electron chi connectivity index (χ4n) is 7.40. The van der Waals surface area contributed by atoms with E-state index in [1.54, 1.807) is 11.6 Å². The molecule has 3 atom stereocenters. The molecule has 1 saturated heterocycles. The molecular weight excluding hydrogens is 462 g/mol. The first-order valence-electron chi connectivity index (χ1n) is 14.8. The van der Waals surface area contributed by atoms with E-state index in [9.17, 15) is 14.4 Å². The highest BCUT2D eigenvalue weighted by Gasteiger charge is 2.66. The van der Waals surface area contributed by atoms with Gasteiger partial charge in [0.15, 0.2) is 11.6 Å². The van der Waals surface area contributed by atoms with Crippen molar-refractivity contribution in [3.63, 3.8) is 0 Å². The molecule has 198 valence electrons. The van der Waals surface area contributed by atoms with Crippen LogP contribution in [0, 0.1) is 5.41 Å². The number of rotatable bonds is 4. The molecule has 6 nitrogen and oxygen atoms in total. The number of nitrogens with zero attached hydrogens (tertiary/aromatic N) is 3. The van der Waals surface area contributed by atoms with Gasteiger partial charge in [0.25, 0.3) is 0 Å². The van der Waals surface area contributed by atoms with Gasteiger partial charge < -0.3 is 4.90 Å². The number of piperidine rings is 1. The van der Waals surface area contributed by atoms with Crippen LogP contribution in [0.15, 0.2) is 12.1 Å². The second kappa shape index (κ2) is 9.67. The summed E-state index contributed by atoms with van der Waals surface area (Å²) in [6, 6.07) is 4.37. The van der Waals surface area contributed by atoms with Crippen molar-refractivity contribution in [1.29, 1.82) is 0 Å². The fraction of sp³-hybridized carbons (Fsp3) is 0.677. The summed E-state index contributed by atoms with van der Waals surface area (Å²) in [6.07, 6.45) is 15.4. The Morgan fingerprint density at radius 2 is 1.76 bits per heavy atom. The Labute approximate surface area is 220 Å². The zero-order valence-corrected chi connectivity index (χ0v) is 22.6. The maximum Gasteiger partial charge on any atom is 0.245 e. The normalized spacial score (nSPS) is 28.7. The van der Waals surface area contributed by atoms with Crippen LogP contribution < -0.4 is 0 Å². The topological polar surface area (TPSA) is 72.3 Å². The zero-order chi connectivity index (χ0) is 25.7. The minimum absolute atomic E-state index is 0.0165. The lowest BCUT2D eigenvalue weighted by molar-refractivity contribution is -0.139. The van der Waals surface area contributed by atoms with Gasteiger partial charge in [0, 0.05) is 24.8 Å². The summed E-state index contributed by atoms with van der Waals surface area (Å²) in [4.78, 5) is 41.5. The summed E-state index contributed by atoms with van der Waals surface area (Å²) in [5.74, 6) is 0.692. The van der Waals surface area contributed by atoms with Crippen molar-refractivity contribution >= 4 is 28.4 Å². The average molecular weight is 504 g/mol. The highest BCUT2D eigenvalue weighted by molar-refractivity contribution is 6.06. The number of hydrogen-bond donors (Lipinski definition) is 0. The van der Waals surface area contributed by atoms with Crippen molar-refractivity contribution in [3.05, 3.63) is 29.0 Å². The van der Waals surface area contributed by atoms with E-state index in [1.165, 1.54) is 62.5 Å². The number of benzene rings is 1. The van der Waals surface area contributed by atoms with E-state index in [1.807, 2.05) is 11.8 Å². The van der Waals surface area contributed by atoms with Gasteiger partial charge in [-0.1, -0.05) is 51.5 Å². The summed E-state index contributed by atoms with van der Waals surface area (Å²) >= 11 is 0. The van der Waals surface area contributed by atoms with Crippen molar-refractivity contribution < 1.29 is 14.4 Å². The molecule has 2 saturated carbocycles. The van der Waals surface area contributed by atoms with Crippen molar-refractivity contribution in [2.75, 3.05) is 0 Å². The number of carbonyl (C=O) groups is 3. The van der Waals surface area contributed by atoms with Crippen LogP contribution in [0.1, 0.15) is 125 Å². The lowest BCUT2D eigenvalue weighted by atomic mass is 9.91. The van der Waals surface area contributed by atoms with Gasteiger partial charge in [0.05, 0.1) is 11.6 Å². The first kappa shape index (κ1) is 24.8. The number of aromatic nitrogens is 2. The first-order chi connectivity index (χ1) is 17.9. The number of aryl methyl sites for hydroxylation is 1. The molecule has 1 amide bonds. The zero-order valence-electron chi connectivity index (χ0n) is 22.6. The lowest BCUT2D eigenvalue weighted by Crippen LogP contribution is -2.44. The van der Waals surface area contributed by atoms with Gasteiger partial charge in [-0.3, -0.25) is 19.1 Å². The summed E-state index contributed by atoms with van der Waals surface area (Å²) < 4.78 is 1.80. The number of hydrogen-bond acceptors (Lipinski definition) is 4. The third-order valence-electron chi connectivity index (χ3n) is 9.66. The average Bonchev–Trinajstić information content (AvgIpc) is 3.79. The first-order valence-corrected chi connectivity index (χ1v) is 14.8. The predicted octanol–water partition coefficient (Wildman–Crippen LogP) is 6.13. The van der Waals surface area contributed by atoms with Gasteiger partial charge in [0.1, 0.15) is 12.2 Å². The van der Waals surface area contributed by atoms with Gasteiger partial charge in [-0.15, -0.1) is 0 Å². The molecule has 4 aliphatic rings. The molecule has 6 heteroatoms. The van der Waals surface area contributed by atoms with Crippen molar-refractivity contribution in [2.24, 2.45) is 5.41 Å². The molecule has 3 fully saturated rings. The number of amides is 1. The largest absolute Gasteiger partial charge is 0.327 e. The van der Waals surface area contributed by atoms with Crippen molar-refractivity contribution in [3.8, 4) is 0 Å². The van der Waals surface area contributed by atoms with Gasteiger partial charge in [-0.25, -0.2) is 0 Å². The molecule has 0 unspecified atom stereocenters. The molecule has 1 aromatic carbocycles. The number of ketones is 2. The third-order valence-corrected chi connectivity index (χ3v) is 9.66. The molecule has 2 bridgehead atoms. The molecule has 2 aliphatic carbocycles. The summed E-state index contributed by atoms with van der Waals surface area (Å²) in [7, 11) is 0. The van der Waals surface area contributed by atoms with E-state index in [2.05, 4.69) is 12.1 Å². The van der Waals surface area contributed by atoms with E-state index in [4.69, 9.17) is 5.10 Å². The van der Waals surface area contributed by atoms with Crippen LogP contribution in [0.3, 0.4) is 0 Å². The van der Waals surface area contributed by atoms with Crippen LogP contribution in [-0.4, -0.2) is 44.2 Å².